The summed E-state index contributed by atoms with van der Waals surface area (Å²) in [6.07, 6.45) is 1.44. The fourth-order valence-corrected chi connectivity index (χ4v) is 5.33. The molecule has 1 saturated heterocycles. The van der Waals surface area contributed by atoms with Gasteiger partial charge in [0.05, 0.1) is 17.4 Å². The fraction of sp³-hybridized carbons (Fsp3) is 0.364. The van der Waals surface area contributed by atoms with Crippen LogP contribution in [0.1, 0.15) is 37.1 Å². The standard InChI is InChI=1S/C22H24FN3O4S/c1-3-29-20-11-10-19(13-15(20)2)31(27,28)26-12-4-5-17(14-26)22-25-24-21(30-22)16-6-8-18(23)9-7-16/h6-11,13,17H,3-5,12,14H2,1-2H3. The molecule has 2 heterocycles. The monoisotopic (exact) mass is 445 g/mol. The van der Waals surface area contributed by atoms with Crippen LogP contribution in [0.15, 0.2) is 51.8 Å². The smallest absolute Gasteiger partial charge is 0.247 e. The molecule has 1 unspecified atom stereocenters. The van der Waals surface area contributed by atoms with Crippen molar-refractivity contribution in [1.82, 2.24) is 14.5 Å². The van der Waals surface area contributed by atoms with Gasteiger partial charge in [0.1, 0.15) is 11.6 Å². The van der Waals surface area contributed by atoms with Crippen molar-refractivity contribution in [3.05, 3.63) is 59.7 Å². The van der Waals surface area contributed by atoms with Gasteiger partial charge in [-0.25, -0.2) is 12.8 Å². The maximum absolute atomic E-state index is 13.2. The lowest BCUT2D eigenvalue weighted by Crippen LogP contribution is -2.39. The molecule has 1 aliphatic rings. The number of halogens is 1. The zero-order valence-corrected chi connectivity index (χ0v) is 18.2. The van der Waals surface area contributed by atoms with Gasteiger partial charge < -0.3 is 9.15 Å². The lowest BCUT2D eigenvalue weighted by Gasteiger charge is -2.30. The van der Waals surface area contributed by atoms with Crippen molar-refractivity contribution in [2.24, 2.45) is 0 Å². The molecule has 1 fully saturated rings. The molecule has 9 heteroatoms. The van der Waals surface area contributed by atoms with E-state index in [1.165, 1.54) is 16.4 Å². The van der Waals surface area contributed by atoms with E-state index in [0.29, 0.717) is 36.8 Å². The van der Waals surface area contributed by atoms with Crippen LogP contribution in [0.2, 0.25) is 0 Å². The molecule has 1 aliphatic heterocycles. The molecule has 0 spiro atoms. The normalized spacial score (nSPS) is 17.6. The molecular weight excluding hydrogens is 421 g/mol. The van der Waals surface area contributed by atoms with Gasteiger partial charge in [0.15, 0.2) is 0 Å². The molecule has 1 aromatic heterocycles. The van der Waals surface area contributed by atoms with Crippen LogP contribution in [-0.2, 0) is 10.0 Å². The molecule has 1 atom stereocenters. The minimum atomic E-state index is -3.66. The summed E-state index contributed by atoms with van der Waals surface area (Å²) in [6.45, 7) is 4.93. The number of aromatic nitrogens is 2. The third kappa shape index (κ3) is 4.47. The minimum absolute atomic E-state index is 0.200. The molecule has 0 bridgehead atoms. The van der Waals surface area contributed by atoms with E-state index < -0.39 is 10.0 Å². The van der Waals surface area contributed by atoms with Gasteiger partial charge in [-0.05, 0) is 74.7 Å². The van der Waals surface area contributed by atoms with Crippen molar-refractivity contribution < 1.29 is 22.0 Å². The summed E-state index contributed by atoms with van der Waals surface area (Å²) in [5.41, 5.74) is 1.39. The van der Waals surface area contributed by atoms with Gasteiger partial charge in [0.2, 0.25) is 21.8 Å². The largest absolute Gasteiger partial charge is 0.494 e. The number of rotatable bonds is 6. The maximum atomic E-state index is 13.2. The number of aryl methyl sites for hydroxylation is 1. The highest BCUT2D eigenvalue weighted by atomic mass is 32.2. The Labute approximate surface area is 180 Å². The lowest BCUT2D eigenvalue weighted by atomic mass is 10.00. The molecule has 4 rings (SSSR count). The van der Waals surface area contributed by atoms with Crippen molar-refractivity contribution in [2.75, 3.05) is 19.7 Å². The SMILES string of the molecule is CCOc1ccc(S(=O)(=O)N2CCCC(c3nnc(-c4ccc(F)cc4)o3)C2)cc1C. The van der Waals surface area contributed by atoms with Crippen LogP contribution in [0.4, 0.5) is 4.39 Å². The van der Waals surface area contributed by atoms with E-state index in [4.69, 9.17) is 9.15 Å². The van der Waals surface area contributed by atoms with E-state index in [0.717, 1.165) is 12.0 Å². The van der Waals surface area contributed by atoms with Crippen molar-refractivity contribution in [2.45, 2.75) is 37.5 Å². The van der Waals surface area contributed by atoms with Gasteiger partial charge in [-0.15, -0.1) is 10.2 Å². The number of sulfonamides is 1. The Morgan fingerprint density at radius 1 is 1.19 bits per heavy atom. The Balaban J connectivity index is 1.53. The molecule has 2 aromatic carbocycles. The second-order valence-corrected chi connectivity index (χ2v) is 9.45. The number of nitrogens with zero attached hydrogens (tertiary/aromatic N) is 3. The maximum Gasteiger partial charge on any atom is 0.247 e. The molecule has 3 aromatic rings. The molecule has 31 heavy (non-hydrogen) atoms. The zero-order valence-electron chi connectivity index (χ0n) is 17.4. The number of benzene rings is 2. The number of ether oxygens (including phenoxy) is 1. The van der Waals surface area contributed by atoms with Crippen LogP contribution in [0.5, 0.6) is 5.75 Å². The molecule has 0 N–H and O–H groups in total. The highest BCUT2D eigenvalue weighted by molar-refractivity contribution is 7.89. The Morgan fingerprint density at radius 2 is 1.97 bits per heavy atom. The van der Waals surface area contributed by atoms with E-state index >= 15 is 0 Å². The van der Waals surface area contributed by atoms with E-state index in [2.05, 4.69) is 10.2 Å². The Morgan fingerprint density at radius 3 is 2.68 bits per heavy atom. The van der Waals surface area contributed by atoms with E-state index in [-0.39, 0.29) is 29.1 Å². The highest BCUT2D eigenvalue weighted by Gasteiger charge is 2.33. The lowest BCUT2D eigenvalue weighted by molar-refractivity contribution is 0.286. The van der Waals surface area contributed by atoms with Crippen LogP contribution in [0.3, 0.4) is 0 Å². The second-order valence-electron chi connectivity index (χ2n) is 7.51. The zero-order chi connectivity index (χ0) is 22.0. The van der Waals surface area contributed by atoms with Gasteiger partial charge in [-0.2, -0.15) is 4.31 Å². The van der Waals surface area contributed by atoms with Gasteiger partial charge in [0.25, 0.3) is 0 Å². The van der Waals surface area contributed by atoms with E-state index in [9.17, 15) is 12.8 Å². The van der Waals surface area contributed by atoms with Crippen LogP contribution in [0, 0.1) is 12.7 Å². The van der Waals surface area contributed by atoms with Gasteiger partial charge in [-0.1, -0.05) is 0 Å². The number of piperidine rings is 1. The van der Waals surface area contributed by atoms with Crippen LogP contribution in [-0.4, -0.2) is 42.6 Å². The van der Waals surface area contributed by atoms with Crippen molar-refractivity contribution >= 4 is 10.0 Å². The Hall–Kier alpha value is -2.78. The van der Waals surface area contributed by atoms with Crippen LogP contribution in [0.25, 0.3) is 11.5 Å². The molecule has 0 saturated carbocycles. The minimum Gasteiger partial charge on any atom is -0.494 e. The average Bonchev–Trinajstić information content (AvgIpc) is 3.26. The van der Waals surface area contributed by atoms with Gasteiger partial charge in [0, 0.05) is 18.7 Å². The summed E-state index contributed by atoms with van der Waals surface area (Å²) in [4.78, 5) is 0.242. The van der Waals surface area contributed by atoms with Gasteiger partial charge in [-0.3, -0.25) is 0 Å². The predicted octanol–water partition coefficient (Wildman–Crippen LogP) is 4.15. The second kappa shape index (κ2) is 8.76. The summed E-state index contributed by atoms with van der Waals surface area (Å²) < 4.78 is 52.4. The average molecular weight is 446 g/mol. The summed E-state index contributed by atoms with van der Waals surface area (Å²) in [5, 5.41) is 8.18. The van der Waals surface area contributed by atoms with Gasteiger partial charge >= 0.3 is 0 Å². The molecular formula is C22H24FN3O4S. The van der Waals surface area contributed by atoms with Crippen molar-refractivity contribution in [3.63, 3.8) is 0 Å². The molecule has 164 valence electrons. The summed E-state index contributed by atoms with van der Waals surface area (Å²) in [7, 11) is -3.66. The fourth-order valence-electron chi connectivity index (χ4n) is 3.72. The van der Waals surface area contributed by atoms with Crippen LogP contribution < -0.4 is 4.74 Å². The summed E-state index contributed by atoms with van der Waals surface area (Å²) in [6, 6.07) is 10.7. The Bertz CT molecular complexity index is 1160. The topological polar surface area (TPSA) is 85.5 Å². The first-order valence-electron chi connectivity index (χ1n) is 10.2. The van der Waals surface area contributed by atoms with Crippen molar-refractivity contribution in [3.8, 4) is 17.2 Å². The first-order valence-corrected chi connectivity index (χ1v) is 11.7. The van der Waals surface area contributed by atoms with E-state index in [1.54, 1.807) is 30.3 Å². The third-order valence-electron chi connectivity index (χ3n) is 5.35. The number of hydrogen-bond donors (Lipinski definition) is 0. The van der Waals surface area contributed by atoms with E-state index in [1.807, 2.05) is 13.8 Å². The molecule has 0 amide bonds. The first kappa shape index (κ1) is 21.5. The summed E-state index contributed by atoms with van der Waals surface area (Å²) >= 11 is 0. The predicted molar refractivity (Wildman–Crippen MR) is 113 cm³/mol. The van der Waals surface area contributed by atoms with Crippen LogP contribution >= 0.6 is 0 Å². The quantitative estimate of drug-likeness (QED) is 0.567. The van der Waals surface area contributed by atoms with Crippen molar-refractivity contribution in [1.29, 1.82) is 0 Å². The number of hydrogen-bond acceptors (Lipinski definition) is 6. The molecule has 0 radical (unpaired) electrons. The third-order valence-corrected chi connectivity index (χ3v) is 7.21. The Kier molecular flexibility index (Phi) is 6.06. The highest BCUT2D eigenvalue weighted by Crippen LogP contribution is 2.32. The summed E-state index contributed by atoms with van der Waals surface area (Å²) in [5.74, 6) is 0.812. The molecule has 7 nitrogen and oxygen atoms in total. The molecule has 0 aliphatic carbocycles. The first-order chi connectivity index (χ1) is 14.9.